The first-order valence-electron chi connectivity index (χ1n) is 8.89. The second-order valence-corrected chi connectivity index (χ2v) is 6.98. The molecule has 7 heteroatoms. The maximum atomic E-state index is 12.0. The Kier molecular flexibility index (Phi) is 5.84. The fourth-order valence-electron chi connectivity index (χ4n) is 3.27. The van der Waals surface area contributed by atoms with Gasteiger partial charge in [-0.3, -0.25) is 4.90 Å². The van der Waals surface area contributed by atoms with Gasteiger partial charge in [-0.25, -0.2) is 4.79 Å². The molecule has 0 spiro atoms. The number of piperazine rings is 1. The van der Waals surface area contributed by atoms with Crippen molar-refractivity contribution in [2.75, 3.05) is 26.2 Å². The second-order valence-electron chi connectivity index (χ2n) is 6.54. The topological polar surface area (TPSA) is 58.8 Å². The monoisotopic (exact) mass is 377 g/mol. The first kappa shape index (κ1) is 18.7. The molecule has 2 unspecified atom stereocenters. The molecule has 140 valence electrons. The highest BCUT2D eigenvalue weighted by atomic mass is 35.5. The van der Waals surface area contributed by atoms with E-state index in [4.69, 9.17) is 20.9 Å². The van der Waals surface area contributed by atoms with Gasteiger partial charge in [0.25, 0.3) is 0 Å². The van der Waals surface area contributed by atoms with E-state index in [1.807, 2.05) is 44.2 Å². The van der Waals surface area contributed by atoms with Gasteiger partial charge in [-0.05, 0) is 32.9 Å². The minimum atomic E-state index is -0.239. The van der Waals surface area contributed by atoms with Crippen LogP contribution in [0.4, 0.5) is 4.79 Å². The fraction of sp³-hybridized carbons (Fsp3) is 0.474. The average Bonchev–Trinajstić information content (AvgIpc) is 3.11. The predicted molar refractivity (Wildman–Crippen MR) is 100 cm³/mol. The lowest BCUT2D eigenvalue weighted by molar-refractivity contribution is 0.0406. The van der Waals surface area contributed by atoms with Crippen LogP contribution in [0, 0.1) is 0 Å². The summed E-state index contributed by atoms with van der Waals surface area (Å²) in [6, 6.07) is 9.66. The molecule has 2 heterocycles. The van der Waals surface area contributed by atoms with E-state index in [-0.39, 0.29) is 18.2 Å². The molecule has 1 fully saturated rings. The summed E-state index contributed by atoms with van der Waals surface area (Å²) in [5.41, 5.74) is 1.78. The van der Waals surface area contributed by atoms with Crippen LogP contribution in [0.5, 0.6) is 0 Å². The molecule has 0 N–H and O–H groups in total. The van der Waals surface area contributed by atoms with Crippen molar-refractivity contribution in [3.8, 4) is 11.3 Å². The number of ether oxygens (including phenoxy) is 1. The van der Waals surface area contributed by atoms with Crippen molar-refractivity contribution >= 4 is 17.7 Å². The summed E-state index contributed by atoms with van der Waals surface area (Å²) in [5.74, 6) is 0.701. The SMILES string of the molecule is CCOC(=O)N1CCN(C(C)c2cc(-c3cccc(Cl)c3)on2)CC1C. The van der Waals surface area contributed by atoms with Gasteiger partial charge in [0.15, 0.2) is 5.76 Å². The predicted octanol–water partition coefficient (Wildman–Crippen LogP) is 4.22. The van der Waals surface area contributed by atoms with E-state index in [0.29, 0.717) is 23.9 Å². The summed E-state index contributed by atoms with van der Waals surface area (Å²) in [4.78, 5) is 16.1. The zero-order chi connectivity index (χ0) is 18.7. The molecule has 0 aliphatic carbocycles. The van der Waals surface area contributed by atoms with Crippen LogP contribution in [0.3, 0.4) is 0 Å². The number of rotatable bonds is 4. The first-order chi connectivity index (χ1) is 12.5. The molecule has 2 aromatic rings. The molecule has 1 saturated heterocycles. The van der Waals surface area contributed by atoms with Gasteiger partial charge in [0, 0.05) is 42.3 Å². The van der Waals surface area contributed by atoms with Crippen LogP contribution in [0.1, 0.15) is 32.5 Å². The fourth-order valence-corrected chi connectivity index (χ4v) is 3.46. The van der Waals surface area contributed by atoms with E-state index in [9.17, 15) is 4.79 Å². The van der Waals surface area contributed by atoms with Crippen molar-refractivity contribution in [2.24, 2.45) is 0 Å². The molecule has 1 aromatic carbocycles. The molecule has 1 aromatic heterocycles. The zero-order valence-electron chi connectivity index (χ0n) is 15.3. The Labute approximate surface area is 158 Å². The van der Waals surface area contributed by atoms with Gasteiger partial charge in [-0.1, -0.05) is 28.9 Å². The Bertz CT molecular complexity index is 764. The second kappa shape index (κ2) is 8.10. The number of halogens is 1. The Hall–Kier alpha value is -2.05. The average molecular weight is 378 g/mol. The lowest BCUT2D eigenvalue weighted by Crippen LogP contribution is -2.54. The Morgan fingerprint density at radius 1 is 1.42 bits per heavy atom. The van der Waals surface area contributed by atoms with Crippen LogP contribution in [-0.4, -0.2) is 53.3 Å². The number of hydrogen-bond acceptors (Lipinski definition) is 5. The third-order valence-electron chi connectivity index (χ3n) is 4.77. The molecule has 0 radical (unpaired) electrons. The van der Waals surface area contributed by atoms with E-state index >= 15 is 0 Å². The highest BCUT2D eigenvalue weighted by Crippen LogP contribution is 2.28. The summed E-state index contributed by atoms with van der Waals surface area (Å²) in [6.07, 6.45) is -0.239. The Balaban J connectivity index is 1.67. The number of carbonyl (C=O) groups is 1. The van der Waals surface area contributed by atoms with Gasteiger partial charge in [0.1, 0.15) is 5.69 Å². The van der Waals surface area contributed by atoms with Gasteiger partial charge in [0.2, 0.25) is 0 Å². The van der Waals surface area contributed by atoms with E-state index in [2.05, 4.69) is 17.0 Å². The third kappa shape index (κ3) is 4.02. The maximum Gasteiger partial charge on any atom is 0.410 e. The summed E-state index contributed by atoms with van der Waals surface area (Å²) in [7, 11) is 0. The van der Waals surface area contributed by atoms with Crippen molar-refractivity contribution in [1.29, 1.82) is 0 Å². The van der Waals surface area contributed by atoms with Crippen molar-refractivity contribution in [3.05, 3.63) is 41.0 Å². The number of carbonyl (C=O) groups excluding carboxylic acids is 1. The van der Waals surface area contributed by atoms with Crippen LogP contribution < -0.4 is 0 Å². The van der Waals surface area contributed by atoms with Crippen LogP contribution in [-0.2, 0) is 4.74 Å². The van der Waals surface area contributed by atoms with Gasteiger partial charge < -0.3 is 14.2 Å². The highest BCUT2D eigenvalue weighted by molar-refractivity contribution is 6.30. The van der Waals surface area contributed by atoms with Gasteiger partial charge in [-0.2, -0.15) is 0 Å². The van der Waals surface area contributed by atoms with Crippen LogP contribution in [0.25, 0.3) is 11.3 Å². The molecule has 3 rings (SSSR count). The van der Waals surface area contributed by atoms with Crippen LogP contribution in [0.2, 0.25) is 5.02 Å². The smallest absolute Gasteiger partial charge is 0.410 e. The van der Waals surface area contributed by atoms with Gasteiger partial charge in [-0.15, -0.1) is 0 Å². The van der Waals surface area contributed by atoms with E-state index in [0.717, 1.165) is 24.3 Å². The molecular weight excluding hydrogens is 354 g/mol. The molecule has 26 heavy (non-hydrogen) atoms. The summed E-state index contributed by atoms with van der Waals surface area (Å²) in [6.45, 7) is 8.53. The van der Waals surface area contributed by atoms with Crippen molar-refractivity contribution in [2.45, 2.75) is 32.9 Å². The van der Waals surface area contributed by atoms with Crippen molar-refractivity contribution in [1.82, 2.24) is 15.0 Å². The van der Waals surface area contributed by atoms with Crippen LogP contribution >= 0.6 is 11.6 Å². The molecule has 0 saturated carbocycles. The molecule has 1 aliphatic heterocycles. The number of benzene rings is 1. The standard InChI is InChI=1S/C19H24ClN3O3/c1-4-25-19(24)23-9-8-22(12-13(23)2)14(3)17-11-18(26-21-17)15-6-5-7-16(20)10-15/h5-7,10-11,13-14H,4,8-9,12H2,1-3H3. The van der Waals surface area contributed by atoms with Gasteiger partial charge >= 0.3 is 6.09 Å². The highest BCUT2D eigenvalue weighted by Gasteiger charge is 2.31. The Morgan fingerprint density at radius 2 is 2.23 bits per heavy atom. The normalized spacial score (nSPS) is 19.4. The Morgan fingerprint density at radius 3 is 2.92 bits per heavy atom. The van der Waals surface area contributed by atoms with Crippen molar-refractivity contribution in [3.63, 3.8) is 0 Å². The van der Waals surface area contributed by atoms with E-state index in [1.54, 1.807) is 4.90 Å². The maximum absolute atomic E-state index is 12.0. The molecule has 0 bridgehead atoms. The summed E-state index contributed by atoms with van der Waals surface area (Å²) >= 11 is 6.05. The summed E-state index contributed by atoms with van der Waals surface area (Å²) < 4.78 is 10.6. The quantitative estimate of drug-likeness (QED) is 0.798. The number of hydrogen-bond donors (Lipinski definition) is 0. The van der Waals surface area contributed by atoms with Crippen LogP contribution in [0.15, 0.2) is 34.9 Å². The molecule has 1 amide bonds. The van der Waals surface area contributed by atoms with E-state index in [1.165, 1.54) is 0 Å². The lowest BCUT2D eigenvalue weighted by Gasteiger charge is -2.41. The molecule has 1 aliphatic rings. The van der Waals surface area contributed by atoms with Gasteiger partial charge in [0.05, 0.1) is 12.6 Å². The van der Waals surface area contributed by atoms with E-state index < -0.39 is 0 Å². The minimum absolute atomic E-state index is 0.0875. The molecular formula is C19H24ClN3O3. The zero-order valence-corrected chi connectivity index (χ0v) is 16.1. The minimum Gasteiger partial charge on any atom is -0.450 e. The number of aromatic nitrogens is 1. The van der Waals surface area contributed by atoms with Crippen molar-refractivity contribution < 1.29 is 14.1 Å². The molecule has 6 nitrogen and oxygen atoms in total. The summed E-state index contributed by atoms with van der Waals surface area (Å²) in [5, 5.41) is 4.91. The molecule has 2 atom stereocenters. The third-order valence-corrected chi connectivity index (χ3v) is 5.01. The first-order valence-corrected chi connectivity index (χ1v) is 9.27. The lowest BCUT2D eigenvalue weighted by atomic mass is 10.1. The number of amides is 1. The largest absolute Gasteiger partial charge is 0.450 e. The number of nitrogens with zero attached hydrogens (tertiary/aromatic N) is 3.